The zero-order valence-electron chi connectivity index (χ0n) is 10.4. The second kappa shape index (κ2) is 8.36. The third-order valence-corrected chi connectivity index (χ3v) is 3.28. The van der Waals surface area contributed by atoms with E-state index in [9.17, 15) is 4.79 Å². The van der Waals surface area contributed by atoms with Crippen molar-refractivity contribution in [3.05, 3.63) is 9.47 Å². The lowest BCUT2D eigenvalue weighted by Gasteiger charge is -2.19. The number of methoxy groups -OCH3 is 2. The van der Waals surface area contributed by atoms with Gasteiger partial charge in [0.15, 0.2) is 0 Å². The summed E-state index contributed by atoms with van der Waals surface area (Å²) in [5.74, 6) is -0.229. The van der Waals surface area contributed by atoms with Crippen molar-refractivity contribution in [2.45, 2.75) is 13.0 Å². The second-order valence-corrected chi connectivity index (χ2v) is 5.19. The summed E-state index contributed by atoms with van der Waals surface area (Å²) in [5.41, 5.74) is 0. The smallest absolute Gasteiger partial charge is 0.306 e. The van der Waals surface area contributed by atoms with Gasteiger partial charge in [0, 0.05) is 20.2 Å². The minimum atomic E-state index is -0.229. The highest BCUT2D eigenvalue weighted by atomic mass is 35.5. The van der Waals surface area contributed by atoms with E-state index in [0.717, 1.165) is 5.01 Å². The van der Waals surface area contributed by atoms with Crippen LogP contribution in [0.5, 0.6) is 0 Å². The van der Waals surface area contributed by atoms with Crippen LogP contribution in [0.25, 0.3) is 0 Å². The highest BCUT2D eigenvalue weighted by molar-refractivity contribution is 7.15. The Kier molecular flexibility index (Phi) is 7.11. The van der Waals surface area contributed by atoms with Crippen LogP contribution >= 0.6 is 22.9 Å². The summed E-state index contributed by atoms with van der Waals surface area (Å²) in [6.07, 6.45) is 0.340. The standard InChI is InChI=1S/C10H16ClN3O3S/c1-16-6-5-14(4-3-9(15)17-2)7-8-12-13-10(11)18-8/h3-7H2,1-2H3. The highest BCUT2D eigenvalue weighted by Gasteiger charge is 2.12. The van der Waals surface area contributed by atoms with Crippen molar-refractivity contribution in [2.75, 3.05) is 33.9 Å². The number of nitrogens with zero attached hydrogens (tertiary/aromatic N) is 3. The molecule has 0 radical (unpaired) electrons. The van der Waals surface area contributed by atoms with Crippen LogP contribution in [0.1, 0.15) is 11.4 Å². The van der Waals surface area contributed by atoms with Gasteiger partial charge in [-0.05, 0) is 11.6 Å². The molecule has 0 amide bonds. The molecule has 0 atom stereocenters. The first kappa shape index (κ1) is 15.3. The van der Waals surface area contributed by atoms with Crippen LogP contribution in [0.4, 0.5) is 0 Å². The summed E-state index contributed by atoms with van der Waals surface area (Å²) in [5, 5.41) is 8.51. The molecule has 8 heteroatoms. The topological polar surface area (TPSA) is 64.5 Å². The Morgan fingerprint density at radius 3 is 2.72 bits per heavy atom. The van der Waals surface area contributed by atoms with Crippen LogP contribution in [0.2, 0.25) is 4.47 Å². The van der Waals surface area contributed by atoms with Crippen LogP contribution in [0, 0.1) is 0 Å². The van der Waals surface area contributed by atoms with Crippen molar-refractivity contribution in [3.63, 3.8) is 0 Å². The van der Waals surface area contributed by atoms with Crippen molar-refractivity contribution in [1.82, 2.24) is 15.1 Å². The van der Waals surface area contributed by atoms with Crippen LogP contribution in [-0.4, -0.2) is 55.0 Å². The first-order chi connectivity index (χ1) is 8.65. The SMILES string of the molecule is COCCN(CCC(=O)OC)Cc1nnc(Cl)s1. The van der Waals surface area contributed by atoms with Crippen LogP contribution < -0.4 is 0 Å². The maximum absolute atomic E-state index is 11.1. The average Bonchev–Trinajstić information content (AvgIpc) is 2.77. The van der Waals surface area contributed by atoms with E-state index in [0.29, 0.717) is 37.1 Å². The average molecular weight is 294 g/mol. The van der Waals surface area contributed by atoms with Gasteiger partial charge in [-0.3, -0.25) is 9.69 Å². The Bertz CT molecular complexity index is 375. The third kappa shape index (κ3) is 5.72. The summed E-state index contributed by atoms with van der Waals surface area (Å²) in [6.45, 7) is 2.50. The monoisotopic (exact) mass is 293 g/mol. The van der Waals surface area contributed by atoms with Crippen molar-refractivity contribution < 1.29 is 14.3 Å². The first-order valence-corrected chi connectivity index (χ1v) is 6.61. The molecule has 0 N–H and O–H groups in total. The molecule has 0 aliphatic heterocycles. The molecule has 1 heterocycles. The van der Waals surface area contributed by atoms with Gasteiger partial charge < -0.3 is 9.47 Å². The van der Waals surface area contributed by atoms with Crippen molar-refractivity contribution in [2.24, 2.45) is 0 Å². The summed E-state index contributed by atoms with van der Waals surface area (Å²) in [4.78, 5) is 13.2. The Balaban J connectivity index is 2.46. The predicted octanol–water partition coefficient (Wildman–Crippen LogP) is 1.20. The van der Waals surface area contributed by atoms with Gasteiger partial charge in [-0.25, -0.2) is 0 Å². The van der Waals surface area contributed by atoms with Crippen LogP contribution in [0.15, 0.2) is 0 Å². The number of aromatic nitrogens is 2. The molecular formula is C10H16ClN3O3S. The lowest BCUT2D eigenvalue weighted by Crippen LogP contribution is -2.29. The van der Waals surface area contributed by atoms with E-state index >= 15 is 0 Å². The molecule has 0 saturated carbocycles. The van der Waals surface area contributed by atoms with Gasteiger partial charge in [-0.2, -0.15) is 0 Å². The Labute approximate surface area is 115 Å². The number of ether oxygens (including phenoxy) is 2. The molecule has 0 aliphatic carbocycles. The third-order valence-electron chi connectivity index (χ3n) is 2.27. The number of carbonyl (C=O) groups is 1. The molecule has 0 aliphatic rings. The lowest BCUT2D eigenvalue weighted by molar-refractivity contribution is -0.141. The number of hydrogen-bond donors (Lipinski definition) is 0. The number of rotatable bonds is 8. The van der Waals surface area contributed by atoms with Gasteiger partial charge in [0.2, 0.25) is 4.47 Å². The number of carbonyl (C=O) groups excluding carboxylic acids is 1. The van der Waals surface area contributed by atoms with Crippen molar-refractivity contribution in [3.8, 4) is 0 Å². The molecule has 1 rings (SSSR count). The van der Waals surface area contributed by atoms with Crippen molar-refractivity contribution in [1.29, 1.82) is 0 Å². The van der Waals surface area contributed by atoms with Crippen LogP contribution in [0.3, 0.4) is 0 Å². The molecule has 0 saturated heterocycles. The quantitative estimate of drug-likeness (QED) is 0.671. The van der Waals surface area contributed by atoms with E-state index in [-0.39, 0.29) is 5.97 Å². The van der Waals surface area contributed by atoms with E-state index in [4.69, 9.17) is 16.3 Å². The fourth-order valence-electron chi connectivity index (χ4n) is 1.33. The largest absolute Gasteiger partial charge is 0.469 e. The number of hydrogen-bond acceptors (Lipinski definition) is 7. The van der Waals surface area contributed by atoms with Gasteiger partial charge in [-0.1, -0.05) is 11.3 Å². The summed E-state index contributed by atoms with van der Waals surface area (Å²) in [7, 11) is 3.02. The van der Waals surface area contributed by atoms with E-state index in [1.807, 2.05) is 0 Å². The minimum absolute atomic E-state index is 0.229. The van der Waals surface area contributed by atoms with E-state index in [1.54, 1.807) is 7.11 Å². The summed E-state index contributed by atoms with van der Waals surface area (Å²) >= 11 is 7.06. The molecule has 0 unspecified atom stereocenters. The normalized spacial score (nSPS) is 10.9. The maximum Gasteiger partial charge on any atom is 0.306 e. The summed E-state index contributed by atoms with van der Waals surface area (Å²) in [6, 6.07) is 0. The minimum Gasteiger partial charge on any atom is -0.469 e. The van der Waals surface area contributed by atoms with Gasteiger partial charge in [0.05, 0.1) is 26.7 Å². The van der Waals surface area contributed by atoms with Crippen LogP contribution in [-0.2, 0) is 20.8 Å². The highest BCUT2D eigenvalue weighted by Crippen LogP contribution is 2.16. The van der Waals surface area contributed by atoms with Gasteiger partial charge in [0.25, 0.3) is 0 Å². The summed E-state index contributed by atoms with van der Waals surface area (Å²) < 4.78 is 10.1. The molecule has 102 valence electrons. The molecule has 0 spiro atoms. The zero-order valence-corrected chi connectivity index (χ0v) is 12.0. The molecule has 0 aromatic carbocycles. The van der Waals surface area contributed by atoms with E-state index < -0.39 is 0 Å². The maximum atomic E-state index is 11.1. The van der Waals surface area contributed by atoms with E-state index in [2.05, 4.69) is 19.8 Å². The predicted molar refractivity (Wildman–Crippen MR) is 68.7 cm³/mol. The molecule has 0 fully saturated rings. The number of halogens is 1. The van der Waals surface area contributed by atoms with Gasteiger partial charge >= 0.3 is 5.97 Å². The van der Waals surface area contributed by atoms with E-state index in [1.165, 1.54) is 18.4 Å². The molecule has 0 bridgehead atoms. The zero-order chi connectivity index (χ0) is 13.4. The van der Waals surface area contributed by atoms with Crippen molar-refractivity contribution >= 4 is 28.9 Å². The first-order valence-electron chi connectivity index (χ1n) is 5.41. The Hall–Kier alpha value is -0.760. The Morgan fingerprint density at radius 1 is 1.39 bits per heavy atom. The fourth-order valence-corrected chi connectivity index (χ4v) is 2.24. The second-order valence-electron chi connectivity index (χ2n) is 3.54. The molecule has 1 aromatic rings. The van der Waals surface area contributed by atoms with Gasteiger partial charge in [0.1, 0.15) is 5.01 Å². The molecule has 6 nitrogen and oxygen atoms in total. The molecule has 18 heavy (non-hydrogen) atoms. The lowest BCUT2D eigenvalue weighted by atomic mass is 10.3. The molecule has 1 aromatic heterocycles. The van der Waals surface area contributed by atoms with Gasteiger partial charge in [-0.15, -0.1) is 10.2 Å². The Morgan fingerprint density at radius 2 is 2.17 bits per heavy atom. The number of esters is 1. The molecular weight excluding hydrogens is 278 g/mol. The fraction of sp³-hybridized carbons (Fsp3) is 0.700.